The van der Waals surface area contributed by atoms with Crippen molar-refractivity contribution in [2.45, 2.75) is 65.9 Å². The molecule has 3 N–H and O–H groups in total. The van der Waals surface area contributed by atoms with E-state index in [1.54, 1.807) is 32.9 Å². The van der Waals surface area contributed by atoms with Crippen LogP contribution in [-0.4, -0.2) is 26.5 Å². The van der Waals surface area contributed by atoms with Crippen molar-refractivity contribution in [3.63, 3.8) is 0 Å². The summed E-state index contributed by atoms with van der Waals surface area (Å²) in [6.07, 6.45) is 12.6. The number of carboxylic acids is 1. The third kappa shape index (κ3) is 9.30. The van der Waals surface area contributed by atoms with E-state index in [2.05, 4.69) is 74.3 Å². The van der Waals surface area contributed by atoms with Crippen LogP contribution < -0.4 is 5.73 Å². The minimum atomic E-state index is -1.40. The van der Waals surface area contributed by atoms with E-state index in [4.69, 9.17) is 10.8 Å². The molecule has 2 aromatic carbocycles. The van der Waals surface area contributed by atoms with Gasteiger partial charge in [0.25, 0.3) is 11.4 Å². The Balaban J connectivity index is 0.000000224. The van der Waals surface area contributed by atoms with E-state index in [-0.39, 0.29) is 28.1 Å². The summed E-state index contributed by atoms with van der Waals surface area (Å²) < 4.78 is 0. The van der Waals surface area contributed by atoms with Gasteiger partial charge in [-0.2, -0.15) is 0 Å². The number of carbonyl (C=O) groups is 1. The maximum Gasteiger partial charge on any atom is 0.344 e. The molecule has 0 fully saturated rings. The number of nitrogens with two attached hydrogens (primary N) is 1. The fourth-order valence-electron chi connectivity index (χ4n) is 4.87. The summed E-state index contributed by atoms with van der Waals surface area (Å²) in [4.78, 5) is 44.6. The Morgan fingerprint density at radius 3 is 1.82 bits per heavy atom. The highest BCUT2D eigenvalue weighted by Gasteiger charge is 2.42. The minimum Gasteiger partial charge on any atom is -0.477 e. The van der Waals surface area contributed by atoms with Gasteiger partial charge in [0.1, 0.15) is 5.60 Å². The first-order valence-electron chi connectivity index (χ1n) is 13.9. The van der Waals surface area contributed by atoms with Crippen LogP contribution in [0.4, 0.5) is 17.1 Å². The number of allylic oxidation sites excluding steroid dienone is 10. The van der Waals surface area contributed by atoms with Crippen LogP contribution in [0.3, 0.4) is 0 Å². The zero-order chi connectivity index (χ0) is 34.1. The zero-order valence-electron chi connectivity index (χ0n) is 26.3. The first kappa shape index (κ1) is 35.8. The predicted octanol–water partition coefficient (Wildman–Crippen LogP) is 8.49. The van der Waals surface area contributed by atoms with Gasteiger partial charge in [-0.25, -0.2) is 4.79 Å². The van der Waals surface area contributed by atoms with Crippen LogP contribution in [0.2, 0.25) is 0 Å². The fourth-order valence-corrected chi connectivity index (χ4v) is 4.87. The molecule has 2 unspecified atom stereocenters. The number of nitrogens with zero attached hydrogens (tertiary/aromatic N) is 3. The molecule has 3 aliphatic rings. The van der Waals surface area contributed by atoms with Gasteiger partial charge in [-0.05, 0) is 71.2 Å². The number of rotatable bonds is 4. The quantitative estimate of drug-likeness (QED) is 0.111. The van der Waals surface area contributed by atoms with Crippen LogP contribution in [0.15, 0.2) is 100 Å². The van der Waals surface area contributed by atoms with Crippen molar-refractivity contribution < 1.29 is 24.6 Å². The van der Waals surface area contributed by atoms with E-state index < -0.39 is 27.7 Å². The van der Waals surface area contributed by atoms with Gasteiger partial charge in [-0.15, -0.1) is 4.91 Å². The highest BCUT2D eigenvalue weighted by Crippen LogP contribution is 2.56. The molecule has 12 heteroatoms. The maximum atomic E-state index is 11.1. The molecule has 2 aromatic rings. The maximum absolute atomic E-state index is 11.1. The molecule has 0 radical (unpaired) electrons. The molecule has 0 saturated carbocycles. The van der Waals surface area contributed by atoms with Gasteiger partial charge in [0.05, 0.1) is 15.5 Å². The SMILES string of the molecule is CC(C)(C)ON=O.CC(C)=C1C2C=CC1c1c2cccc1[N+](=O)[O-].CC(C)=C1C=CC=C1.Nc1cccc([N+](=O)[O-])c1C(=O)O. The zero-order valence-corrected chi connectivity index (χ0v) is 26.3. The van der Waals surface area contributed by atoms with Crippen molar-refractivity contribution in [1.29, 1.82) is 0 Å². The normalized spacial score (nSPS) is 16.2. The summed E-state index contributed by atoms with van der Waals surface area (Å²) in [6.45, 7) is 13.7. The Morgan fingerprint density at radius 2 is 1.42 bits per heavy atom. The molecule has 0 aromatic heterocycles. The number of hydrogen-bond donors (Lipinski definition) is 2. The molecule has 0 saturated heterocycles. The number of benzene rings is 2. The van der Waals surface area contributed by atoms with Crippen LogP contribution >= 0.6 is 0 Å². The van der Waals surface area contributed by atoms with E-state index in [9.17, 15) is 29.9 Å². The lowest BCUT2D eigenvalue weighted by Crippen LogP contribution is -2.14. The van der Waals surface area contributed by atoms with E-state index >= 15 is 0 Å². The predicted molar refractivity (Wildman–Crippen MR) is 174 cm³/mol. The Morgan fingerprint density at radius 1 is 0.889 bits per heavy atom. The molecule has 2 atom stereocenters. The lowest BCUT2D eigenvalue weighted by atomic mass is 9.95. The number of fused-ring (bicyclic) bond motifs is 5. The monoisotopic (exact) mass is 618 g/mol. The fraction of sp³-hybridized carbons (Fsp3) is 0.303. The topological polar surface area (TPSA) is 188 Å². The Kier molecular flexibility index (Phi) is 12.2. The van der Waals surface area contributed by atoms with Crippen LogP contribution in [0.25, 0.3) is 0 Å². The van der Waals surface area contributed by atoms with Gasteiger partial charge in [0, 0.05) is 29.5 Å². The van der Waals surface area contributed by atoms with Gasteiger partial charge in [-0.3, -0.25) is 20.2 Å². The molecule has 5 rings (SSSR count). The molecule has 0 spiro atoms. The Labute approximate surface area is 261 Å². The average molecular weight is 619 g/mol. The summed E-state index contributed by atoms with van der Waals surface area (Å²) >= 11 is 0. The van der Waals surface area contributed by atoms with Crippen molar-refractivity contribution in [2.24, 2.45) is 5.34 Å². The highest BCUT2D eigenvalue weighted by molar-refractivity contribution is 5.98. The number of nitrogen functional groups attached to an aromatic ring is 1. The van der Waals surface area contributed by atoms with Crippen molar-refractivity contribution in [3.05, 3.63) is 137 Å². The molecule has 2 bridgehead atoms. The van der Waals surface area contributed by atoms with Crippen molar-refractivity contribution in [2.75, 3.05) is 5.73 Å². The molecule has 45 heavy (non-hydrogen) atoms. The second-order valence-corrected chi connectivity index (χ2v) is 11.6. The van der Waals surface area contributed by atoms with E-state index in [0.717, 1.165) is 17.2 Å². The van der Waals surface area contributed by atoms with Crippen molar-refractivity contribution in [3.8, 4) is 0 Å². The molecule has 0 heterocycles. The number of anilines is 1. The minimum absolute atomic E-state index is 0.110. The van der Waals surface area contributed by atoms with Crippen LogP contribution in [-0.2, 0) is 4.84 Å². The second-order valence-electron chi connectivity index (χ2n) is 11.6. The van der Waals surface area contributed by atoms with Crippen molar-refractivity contribution in [1.82, 2.24) is 0 Å². The first-order valence-corrected chi connectivity index (χ1v) is 13.9. The molecule has 12 nitrogen and oxygen atoms in total. The van der Waals surface area contributed by atoms with Crippen LogP contribution in [0.5, 0.6) is 0 Å². The van der Waals surface area contributed by atoms with Crippen LogP contribution in [0.1, 0.15) is 81.8 Å². The van der Waals surface area contributed by atoms with Crippen LogP contribution in [0, 0.1) is 25.1 Å². The van der Waals surface area contributed by atoms with Gasteiger partial charge in [-0.1, -0.05) is 65.8 Å². The van der Waals surface area contributed by atoms with Crippen molar-refractivity contribution >= 4 is 23.0 Å². The first-order chi connectivity index (χ1) is 21.0. The lowest BCUT2D eigenvalue weighted by Gasteiger charge is -2.11. The van der Waals surface area contributed by atoms with Gasteiger partial charge >= 0.3 is 5.97 Å². The number of carboxylic acid groups (broad SMARTS) is 1. The summed E-state index contributed by atoms with van der Waals surface area (Å²) in [6, 6.07) is 9.14. The molecule has 0 amide bonds. The summed E-state index contributed by atoms with van der Waals surface area (Å²) in [7, 11) is 0. The largest absolute Gasteiger partial charge is 0.477 e. The number of nitro benzene ring substituents is 2. The number of nitro groups is 2. The third-order valence-electron chi connectivity index (χ3n) is 6.74. The second kappa shape index (κ2) is 15.4. The smallest absolute Gasteiger partial charge is 0.344 e. The Hall–Kier alpha value is -5.39. The van der Waals surface area contributed by atoms with Gasteiger partial charge in [0.15, 0.2) is 10.9 Å². The lowest BCUT2D eigenvalue weighted by molar-refractivity contribution is -0.385. The van der Waals surface area contributed by atoms with E-state index in [1.165, 1.54) is 34.4 Å². The van der Waals surface area contributed by atoms with Gasteiger partial charge in [0.2, 0.25) is 0 Å². The molecule has 0 aliphatic heterocycles. The molecular formula is C33H38N4O8. The van der Waals surface area contributed by atoms with E-state index in [1.807, 2.05) is 6.07 Å². The summed E-state index contributed by atoms with van der Waals surface area (Å²) in [5.41, 5.74) is 11.4. The molecular weight excluding hydrogens is 580 g/mol. The standard InChI is InChI=1S/C14H13NO2.C8H10.C7H6N2O4.C4H9NO2/c1-8(2)13-10-6-7-11(13)14-9(10)4-3-5-12(14)15(16)17;1-7(2)8-5-3-4-6-8;8-4-2-1-3-5(9(12)13)6(4)7(10)11;1-4(2,3)7-5-6/h3-7,10-11H,1-2H3;3-6H,1-2H3;1-3H,8H2,(H,10,11);1-3H3. The Bertz CT molecular complexity index is 1610. The third-order valence-corrected chi connectivity index (χ3v) is 6.74. The van der Waals surface area contributed by atoms with E-state index in [0.29, 0.717) is 0 Å². The molecule has 238 valence electrons. The highest BCUT2D eigenvalue weighted by atomic mass is 16.7. The number of hydrogen-bond acceptors (Lipinski definition) is 9. The summed E-state index contributed by atoms with van der Waals surface area (Å²) in [5.74, 6) is -1.01. The van der Waals surface area contributed by atoms with Gasteiger partial charge < -0.3 is 15.7 Å². The molecule has 3 aliphatic carbocycles. The number of aromatic carboxylic acids is 1. The average Bonchev–Trinajstić information content (AvgIpc) is 3.70. The summed E-state index contributed by atoms with van der Waals surface area (Å²) in [5, 5.41) is 32.3.